The van der Waals surface area contributed by atoms with Crippen LogP contribution < -0.4 is 0 Å². The van der Waals surface area contributed by atoms with Crippen molar-refractivity contribution in [2.45, 2.75) is 23.5 Å². The minimum absolute atomic E-state index is 0.0728. The molecule has 0 heterocycles. The van der Waals surface area contributed by atoms with E-state index in [9.17, 15) is 28.1 Å². The molecule has 0 N–H and O–H groups in total. The molecule has 1 atom stereocenters. The Morgan fingerprint density at radius 3 is 1.97 bits per heavy atom. The van der Waals surface area contributed by atoms with Crippen LogP contribution in [0.5, 0.6) is 0 Å². The number of nitro benzene ring substituents is 1. The molecule has 0 fully saturated rings. The average molecular weight is 472 g/mol. The van der Waals surface area contributed by atoms with Crippen LogP contribution in [0.1, 0.15) is 32.7 Å². The van der Waals surface area contributed by atoms with Crippen molar-refractivity contribution in [3.05, 3.63) is 105 Å². The molecule has 0 unspecified atom stereocenters. The second-order valence-electron chi connectivity index (χ2n) is 7.15. The van der Waals surface area contributed by atoms with Crippen LogP contribution in [-0.2, 0) is 9.84 Å². The van der Waals surface area contributed by atoms with Crippen molar-refractivity contribution >= 4 is 38.7 Å². The predicted octanol–water partition coefficient (Wildman–Crippen LogP) is 4.85. The number of carbonyl (C=O) groups excluding carboxylic acids is 2. The van der Waals surface area contributed by atoms with Crippen molar-refractivity contribution in [1.82, 2.24) is 0 Å². The number of nitrogens with zero attached hydrogens (tertiary/aromatic N) is 1. The quantitative estimate of drug-likeness (QED) is 0.263. The molecule has 32 heavy (non-hydrogen) atoms. The largest absolute Gasteiger partial charge is 0.294 e. The number of carbonyl (C=O) groups is 2. The molecule has 3 aromatic carbocycles. The average Bonchev–Trinajstić information content (AvgIpc) is 2.77. The van der Waals surface area contributed by atoms with Gasteiger partial charge in [0.05, 0.1) is 9.82 Å². The van der Waals surface area contributed by atoms with Gasteiger partial charge in [-0.15, -0.1) is 0 Å². The first-order valence-electron chi connectivity index (χ1n) is 9.47. The summed E-state index contributed by atoms with van der Waals surface area (Å²) in [7, 11) is -4.21. The van der Waals surface area contributed by atoms with Gasteiger partial charge in [-0.2, -0.15) is 0 Å². The molecule has 0 aliphatic heterocycles. The molecule has 7 nitrogen and oxygen atoms in total. The molecule has 0 saturated carbocycles. The van der Waals surface area contributed by atoms with Crippen molar-refractivity contribution in [2.24, 2.45) is 0 Å². The molecule has 3 aromatic rings. The minimum atomic E-state index is -4.21. The number of non-ortho nitro benzene ring substituents is 1. The smallest absolute Gasteiger partial charge is 0.269 e. The van der Waals surface area contributed by atoms with Crippen molar-refractivity contribution in [1.29, 1.82) is 0 Å². The van der Waals surface area contributed by atoms with Gasteiger partial charge in [0.15, 0.2) is 21.4 Å². The fourth-order valence-electron chi connectivity index (χ4n) is 3.09. The Labute approximate surface area is 189 Å². The van der Waals surface area contributed by atoms with E-state index in [2.05, 4.69) is 0 Å². The van der Waals surface area contributed by atoms with Gasteiger partial charge in [0.25, 0.3) is 5.69 Å². The van der Waals surface area contributed by atoms with Crippen molar-refractivity contribution in [3.8, 4) is 0 Å². The maximum absolute atomic E-state index is 13.3. The number of ketones is 2. The Bertz CT molecular complexity index is 1270. The van der Waals surface area contributed by atoms with Crippen LogP contribution in [0.2, 0.25) is 5.02 Å². The summed E-state index contributed by atoms with van der Waals surface area (Å²) in [5.74, 6) is -1.36. The fourth-order valence-corrected chi connectivity index (χ4v) is 4.85. The highest BCUT2D eigenvalue weighted by molar-refractivity contribution is 7.92. The highest BCUT2D eigenvalue weighted by atomic mass is 35.5. The van der Waals surface area contributed by atoms with Crippen molar-refractivity contribution in [3.63, 3.8) is 0 Å². The predicted molar refractivity (Wildman–Crippen MR) is 120 cm³/mol. The molecule has 3 rings (SSSR count). The third kappa shape index (κ3) is 5.09. The van der Waals surface area contributed by atoms with E-state index >= 15 is 0 Å². The second kappa shape index (κ2) is 9.42. The topological polar surface area (TPSA) is 111 Å². The lowest BCUT2D eigenvalue weighted by molar-refractivity contribution is -0.384. The summed E-state index contributed by atoms with van der Waals surface area (Å²) in [5.41, 5.74) is 0.810. The molecule has 164 valence electrons. The van der Waals surface area contributed by atoms with E-state index in [0.717, 1.165) is 17.7 Å². The van der Waals surface area contributed by atoms with Crippen LogP contribution in [0.3, 0.4) is 0 Å². The van der Waals surface area contributed by atoms with E-state index in [-0.39, 0.29) is 21.7 Å². The molecule has 0 aliphatic carbocycles. The summed E-state index contributed by atoms with van der Waals surface area (Å²) >= 11 is 5.86. The van der Waals surface area contributed by atoms with Crippen LogP contribution >= 0.6 is 11.6 Å². The maximum atomic E-state index is 13.3. The molecular formula is C23H18ClNO6S. The summed E-state index contributed by atoms with van der Waals surface area (Å²) in [5, 5.41) is 9.53. The first kappa shape index (κ1) is 23.3. The lowest BCUT2D eigenvalue weighted by Gasteiger charge is -2.17. The Morgan fingerprint density at radius 1 is 0.906 bits per heavy atom. The van der Waals surface area contributed by atoms with Crippen molar-refractivity contribution in [2.75, 3.05) is 0 Å². The lowest BCUT2D eigenvalue weighted by Crippen LogP contribution is -2.33. The Balaban J connectivity index is 2.00. The molecule has 0 spiro atoms. The van der Waals surface area contributed by atoms with E-state index in [1.54, 1.807) is 19.1 Å². The zero-order valence-electron chi connectivity index (χ0n) is 16.9. The van der Waals surface area contributed by atoms with Gasteiger partial charge in [-0.1, -0.05) is 29.3 Å². The summed E-state index contributed by atoms with van der Waals surface area (Å²) < 4.78 is 26.7. The van der Waals surface area contributed by atoms with Crippen LogP contribution in [-0.4, -0.2) is 30.2 Å². The number of benzene rings is 3. The van der Waals surface area contributed by atoms with Gasteiger partial charge in [0.2, 0.25) is 0 Å². The third-order valence-electron chi connectivity index (χ3n) is 4.92. The van der Waals surface area contributed by atoms with E-state index in [4.69, 9.17) is 11.6 Å². The molecular weight excluding hydrogens is 454 g/mol. The lowest BCUT2D eigenvalue weighted by atomic mass is 10.0. The zero-order chi connectivity index (χ0) is 23.5. The Hall–Kier alpha value is -3.36. The van der Waals surface area contributed by atoms with Gasteiger partial charge < -0.3 is 0 Å². The van der Waals surface area contributed by atoms with Gasteiger partial charge in [-0.05, 0) is 55.5 Å². The van der Waals surface area contributed by atoms with Crippen molar-refractivity contribution < 1.29 is 22.9 Å². The van der Waals surface area contributed by atoms with E-state index in [1.807, 2.05) is 0 Å². The molecule has 0 aromatic heterocycles. The van der Waals surface area contributed by atoms with Crippen LogP contribution in [0, 0.1) is 17.0 Å². The molecule has 0 saturated heterocycles. The Morgan fingerprint density at radius 2 is 1.44 bits per heavy atom. The van der Waals surface area contributed by atoms with E-state index < -0.39 is 38.0 Å². The number of hydrogen-bond donors (Lipinski definition) is 0. The summed E-state index contributed by atoms with van der Waals surface area (Å²) in [6.45, 7) is 1.80. The summed E-state index contributed by atoms with van der Waals surface area (Å²) in [6.07, 6.45) is -0.616. The number of halogens is 1. The van der Waals surface area contributed by atoms with Gasteiger partial charge in [0.1, 0.15) is 5.25 Å². The minimum Gasteiger partial charge on any atom is -0.294 e. The van der Waals surface area contributed by atoms with Crippen LogP contribution in [0.15, 0.2) is 77.7 Å². The molecule has 9 heteroatoms. The summed E-state index contributed by atoms with van der Waals surface area (Å²) in [6, 6.07) is 16.5. The van der Waals surface area contributed by atoms with Gasteiger partial charge in [-0.3, -0.25) is 19.7 Å². The number of aryl methyl sites for hydroxylation is 1. The first-order chi connectivity index (χ1) is 15.1. The molecule has 0 bridgehead atoms. The number of rotatable bonds is 8. The van der Waals surface area contributed by atoms with Crippen LogP contribution in [0.4, 0.5) is 5.69 Å². The SMILES string of the molecule is Cc1ccc(S(=O)(=O)[C@H](CC(=O)c2ccc([N+](=O)[O-])cc2)C(=O)c2ccc(Cl)cc2)cc1. The van der Waals surface area contributed by atoms with Gasteiger partial charge in [-0.25, -0.2) is 8.42 Å². The fraction of sp³-hybridized carbons (Fsp3) is 0.130. The van der Waals surface area contributed by atoms with Crippen LogP contribution in [0.25, 0.3) is 0 Å². The monoisotopic (exact) mass is 471 g/mol. The standard InChI is InChI=1S/C23H18ClNO6S/c1-15-2-12-20(13-3-15)32(30,31)22(23(27)17-4-8-18(24)9-5-17)14-21(26)16-6-10-19(11-7-16)25(28)29/h2-13,22H,14H2,1H3/t22-/m1/s1. The third-order valence-corrected chi connectivity index (χ3v) is 7.23. The number of hydrogen-bond acceptors (Lipinski definition) is 6. The highest BCUT2D eigenvalue weighted by Gasteiger charge is 2.36. The zero-order valence-corrected chi connectivity index (χ0v) is 18.5. The number of nitro groups is 1. The first-order valence-corrected chi connectivity index (χ1v) is 11.4. The number of sulfone groups is 1. The Kier molecular flexibility index (Phi) is 6.86. The molecule has 0 radical (unpaired) electrons. The van der Waals surface area contributed by atoms with E-state index in [0.29, 0.717) is 5.02 Å². The second-order valence-corrected chi connectivity index (χ2v) is 9.72. The summed E-state index contributed by atoms with van der Waals surface area (Å²) in [4.78, 5) is 36.2. The maximum Gasteiger partial charge on any atom is 0.269 e. The number of Topliss-reactive ketones (excluding diaryl/α,β-unsaturated/α-hetero) is 2. The molecule has 0 amide bonds. The van der Waals surface area contributed by atoms with Gasteiger partial charge in [0, 0.05) is 34.7 Å². The van der Waals surface area contributed by atoms with Gasteiger partial charge >= 0.3 is 0 Å². The normalized spacial score (nSPS) is 12.2. The van der Waals surface area contributed by atoms with E-state index in [1.165, 1.54) is 48.5 Å². The molecule has 0 aliphatic rings. The highest BCUT2D eigenvalue weighted by Crippen LogP contribution is 2.25.